The molecular formula is C17H25N3O5S. The number of nitrogens with two attached hydrogens (primary N) is 1. The molecule has 8 nitrogen and oxygen atoms in total. The van der Waals surface area contributed by atoms with E-state index >= 15 is 0 Å². The molecule has 1 aromatic rings. The normalized spacial score (nSPS) is 18.0. The van der Waals surface area contributed by atoms with Crippen molar-refractivity contribution in [2.24, 2.45) is 11.7 Å². The van der Waals surface area contributed by atoms with Crippen LogP contribution in [-0.4, -0.2) is 46.7 Å². The van der Waals surface area contributed by atoms with E-state index in [9.17, 15) is 13.2 Å². The second-order valence-electron chi connectivity index (χ2n) is 6.61. The van der Waals surface area contributed by atoms with Crippen molar-refractivity contribution >= 4 is 15.9 Å². The average molecular weight is 383 g/mol. The van der Waals surface area contributed by atoms with Gasteiger partial charge in [-0.3, -0.25) is 4.79 Å². The number of amides is 1. The summed E-state index contributed by atoms with van der Waals surface area (Å²) < 4.78 is 38.2. The number of nitrogens with one attached hydrogen (secondary N) is 2. The lowest BCUT2D eigenvalue weighted by atomic mass is 10.2. The maximum Gasteiger partial charge on any atom is 0.240 e. The molecule has 1 aromatic carbocycles. The van der Waals surface area contributed by atoms with E-state index in [4.69, 9.17) is 15.2 Å². The van der Waals surface area contributed by atoms with Gasteiger partial charge in [0.25, 0.3) is 0 Å². The van der Waals surface area contributed by atoms with E-state index < -0.39 is 10.0 Å². The highest BCUT2D eigenvalue weighted by atomic mass is 32.2. The number of benzene rings is 1. The molecule has 1 saturated carbocycles. The standard InChI is InChI=1S/C17H25N3O5S/c18-14(12-2-3-12)11-19-17(21)6-7-20-26(22,23)13-4-5-15-16(10-13)25-9-1-8-24-15/h4-5,10,12,14,20H,1-3,6-9,11,18H2,(H,19,21). The van der Waals surface area contributed by atoms with E-state index in [1.54, 1.807) is 6.07 Å². The molecule has 4 N–H and O–H groups in total. The van der Waals surface area contributed by atoms with Crippen LogP contribution in [-0.2, 0) is 14.8 Å². The van der Waals surface area contributed by atoms with E-state index in [0.717, 1.165) is 19.3 Å². The monoisotopic (exact) mass is 383 g/mol. The number of hydrogen-bond acceptors (Lipinski definition) is 6. The average Bonchev–Trinajstić information content (AvgIpc) is 3.45. The summed E-state index contributed by atoms with van der Waals surface area (Å²) in [6.07, 6.45) is 3.04. The van der Waals surface area contributed by atoms with E-state index in [1.165, 1.54) is 12.1 Å². The van der Waals surface area contributed by atoms with Gasteiger partial charge in [-0.05, 0) is 30.9 Å². The zero-order valence-corrected chi connectivity index (χ0v) is 15.4. The number of rotatable bonds is 8. The summed E-state index contributed by atoms with van der Waals surface area (Å²) in [6, 6.07) is 4.47. The fourth-order valence-corrected chi connectivity index (χ4v) is 3.75. The van der Waals surface area contributed by atoms with Gasteiger partial charge in [-0.2, -0.15) is 0 Å². The molecule has 1 heterocycles. The van der Waals surface area contributed by atoms with Gasteiger partial charge in [0.2, 0.25) is 15.9 Å². The summed E-state index contributed by atoms with van der Waals surface area (Å²) in [6.45, 7) is 1.46. The second kappa shape index (κ2) is 8.24. The zero-order valence-electron chi connectivity index (χ0n) is 14.6. The predicted octanol–water partition coefficient (Wildman–Crippen LogP) is 0.370. The first-order chi connectivity index (χ1) is 12.5. The highest BCUT2D eigenvalue weighted by molar-refractivity contribution is 7.89. The molecule has 1 amide bonds. The van der Waals surface area contributed by atoms with Crippen molar-refractivity contribution in [3.8, 4) is 11.5 Å². The molecule has 1 aliphatic heterocycles. The van der Waals surface area contributed by atoms with Crippen molar-refractivity contribution in [1.82, 2.24) is 10.0 Å². The summed E-state index contributed by atoms with van der Waals surface area (Å²) in [4.78, 5) is 11.9. The summed E-state index contributed by atoms with van der Waals surface area (Å²) >= 11 is 0. The number of carbonyl (C=O) groups is 1. The van der Waals surface area contributed by atoms with Crippen molar-refractivity contribution in [2.45, 2.75) is 36.6 Å². The summed E-state index contributed by atoms with van der Waals surface area (Å²) in [7, 11) is -3.73. The zero-order chi connectivity index (χ0) is 18.6. The predicted molar refractivity (Wildman–Crippen MR) is 95.6 cm³/mol. The Hall–Kier alpha value is -1.84. The van der Waals surface area contributed by atoms with Gasteiger partial charge in [0.15, 0.2) is 11.5 Å². The Labute approximate surface area is 153 Å². The number of carbonyl (C=O) groups excluding carboxylic acids is 1. The highest BCUT2D eigenvalue weighted by Crippen LogP contribution is 2.32. The quantitative estimate of drug-likeness (QED) is 0.597. The van der Waals surface area contributed by atoms with Crippen LogP contribution in [0.15, 0.2) is 23.1 Å². The Morgan fingerprint density at radius 2 is 1.96 bits per heavy atom. The minimum absolute atomic E-state index is 0.0152. The first-order valence-electron chi connectivity index (χ1n) is 8.87. The first kappa shape index (κ1) is 18.9. The Kier molecular flexibility index (Phi) is 6.00. The largest absolute Gasteiger partial charge is 0.490 e. The summed E-state index contributed by atoms with van der Waals surface area (Å²) in [5.41, 5.74) is 5.92. The molecule has 26 heavy (non-hydrogen) atoms. The molecule has 0 saturated heterocycles. The molecule has 3 rings (SSSR count). The van der Waals surface area contributed by atoms with Gasteiger partial charge in [0, 0.05) is 38.0 Å². The van der Waals surface area contributed by atoms with Crippen LogP contribution in [0.25, 0.3) is 0 Å². The molecule has 0 radical (unpaired) electrons. The van der Waals surface area contributed by atoms with Gasteiger partial charge in [-0.15, -0.1) is 0 Å². The van der Waals surface area contributed by atoms with Crippen LogP contribution in [0, 0.1) is 5.92 Å². The van der Waals surface area contributed by atoms with Crippen LogP contribution in [0.1, 0.15) is 25.7 Å². The third-order valence-electron chi connectivity index (χ3n) is 4.44. The Morgan fingerprint density at radius 3 is 2.69 bits per heavy atom. The lowest BCUT2D eigenvalue weighted by Gasteiger charge is -2.12. The van der Waals surface area contributed by atoms with Crippen LogP contribution in [0.5, 0.6) is 11.5 Å². The Balaban J connectivity index is 1.49. The van der Waals surface area contributed by atoms with Gasteiger partial charge in [-0.25, -0.2) is 13.1 Å². The van der Waals surface area contributed by atoms with Crippen molar-refractivity contribution in [1.29, 1.82) is 0 Å². The first-order valence-corrected chi connectivity index (χ1v) is 10.4. The topological polar surface area (TPSA) is 120 Å². The molecule has 0 bridgehead atoms. The lowest BCUT2D eigenvalue weighted by molar-refractivity contribution is -0.121. The van der Waals surface area contributed by atoms with Crippen molar-refractivity contribution in [3.63, 3.8) is 0 Å². The number of hydrogen-bond donors (Lipinski definition) is 3. The van der Waals surface area contributed by atoms with Crippen LogP contribution in [0.2, 0.25) is 0 Å². The molecule has 1 fully saturated rings. The molecule has 0 aromatic heterocycles. The summed E-state index contributed by atoms with van der Waals surface area (Å²) in [5.74, 6) is 1.24. The van der Waals surface area contributed by atoms with E-state index in [1.807, 2.05) is 0 Å². The second-order valence-corrected chi connectivity index (χ2v) is 8.38. The van der Waals surface area contributed by atoms with Crippen molar-refractivity contribution in [3.05, 3.63) is 18.2 Å². The van der Waals surface area contributed by atoms with Crippen LogP contribution < -0.4 is 25.2 Å². The minimum atomic E-state index is -3.73. The molecular weight excluding hydrogens is 358 g/mol. The minimum Gasteiger partial charge on any atom is -0.490 e. The van der Waals surface area contributed by atoms with E-state index in [-0.39, 0.29) is 29.8 Å². The number of fused-ring (bicyclic) bond motifs is 1. The van der Waals surface area contributed by atoms with Crippen molar-refractivity contribution in [2.75, 3.05) is 26.3 Å². The fraction of sp³-hybridized carbons (Fsp3) is 0.588. The number of ether oxygens (including phenoxy) is 2. The van der Waals surface area contributed by atoms with Gasteiger partial charge >= 0.3 is 0 Å². The molecule has 9 heteroatoms. The fourth-order valence-electron chi connectivity index (χ4n) is 2.70. The maximum absolute atomic E-state index is 12.4. The summed E-state index contributed by atoms with van der Waals surface area (Å²) in [5, 5.41) is 2.74. The van der Waals surface area contributed by atoms with E-state index in [2.05, 4.69) is 10.0 Å². The van der Waals surface area contributed by atoms with Crippen LogP contribution in [0.3, 0.4) is 0 Å². The Morgan fingerprint density at radius 1 is 1.23 bits per heavy atom. The third-order valence-corrected chi connectivity index (χ3v) is 5.89. The van der Waals surface area contributed by atoms with Gasteiger partial charge < -0.3 is 20.5 Å². The Bertz CT molecular complexity index is 749. The van der Waals surface area contributed by atoms with Crippen molar-refractivity contribution < 1.29 is 22.7 Å². The molecule has 1 unspecified atom stereocenters. The lowest BCUT2D eigenvalue weighted by Crippen LogP contribution is -2.39. The van der Waals surface area contributed by atoms with Gasteiger partial charge in [-0.1, -0.05) is 0 Å². The highest BCUT2D eigenvalue weighted by Gasteiger charge is 2.28. The molecule has 0 spiro atoms. The van der Waals surface area contributed by atoms with Crippen LogP contribution >= 0.6 is 0 Å². The van der Waals surface area contributed by atoms with Crippen LogP contribution in [0.4, 0.5) is 0 Å². The smallest absolute Gasteiger partial charge is 0.240 e. The molecule has 1 atom stereocenters. The number of sulfonamides is 1. The molecule has 2 aliphatic rings. The molecule has 144 valence electrons. The van der Waals surface area contributed by atoms with Gasteiger partial charge in [0.05, 0.1) is 18.1 Å². The van der Waals surface area contributed by atoms with Gasteiger partial charge in [0.1, 0.15) is 0 Å². The van der Waals surface area contributed by atoms with E-state index in [0.29, 0.717) is 37.2 Å². The maximum atomic E-state index is 12.4. The molecule has 1 aliphatic carbocycles. The third kappa shape index (κ3) is 5.09. The SMILES string of the molecule is NC(CNC(=O)CCNS(=O)(=O)c1ccc2c(c1)OCCCO2)C1CC1.